The van der Waals surface area contributed by atoms with E-state index in [-0.39, 0.29) is 11.2 Å². The summed E-state index contributed by atoms with van der Waals surface area (Å²) in [4.78, 5) is 6.70. The van der Waals surface area contributed by atoms with Crippen molar-refractivity contribution in [3.05, 3.63) is 17.6 Å². The largest absolute Gasteiger partial charge is 0.395 e. The summed E-state index contributed by atoms with van der Waals surface area (Å²) in [6, 6.07) is 4.21. The molecule has 0 unspecified atom stereocenters. The molecule has 1 aliphatic rings. The van der Waals surface area contributed by atoms with Gasteiger partial charge in [-0.3, -0.25) is 0 Å². The highest BCUT2D eigenvalue weighted by Gasteiger charge is 2.38. The number of rotatable bonds is 1. The molecule has 0 aliphatic carbocycles. The van der Waals surface area contributed by atoms with Gasteiger partial charge >= 0.3 is 0 Å². The van der Waals surface area contributed by atoms with Crippen molar-refractivity contribution < 1.29 is 4.74 Å². The Balaban J connectivity index is 2.03. The smallest absolute Gasteiger partial charge is 0.106 e. The van der Waals surface area contributed by atoms with Crippen LogP contribution in [0.25, 0.3) is 10.2 Å². The zero-order valence-electron chi connectivity index (χ0n) is 12.4. The molecule has 0 radical (unpaired) electrons. The summed E-state index contributed by atoms with van der Waals surface area (Å²) in [6.45, 7) is 10.2. The summed E-state index contributed by atoms with van der Waals surface area (Å²) < 4.78 is 7.27. The van der Waals surface area contributed by atoms with Crippen LogP contribution in [0.4, 0.5) is 11.4 Å². The van der Waals surface area contributed by atoms with Crippen molar-refractivity contribution in [1.29, 1.82) is 0 Å². The van der Waals surface area contributed by atoms with E-state index in [1.807, 2.05) is 5.51 Å². The molecule has 2 heterocycles. The van der Waals surface area contributed by atoms with Crippen molar-refractivity contribution in [3.8, 4) is 0 Å². The van der Waals surface area contributed by atoms with Gasteiger partial charge in [-0.15, -0.1) is 11.3 Å². The number of hydrogen-bond acceptors (Lipinski definition) is 5. The van der Waals surface area contributed by atoms with E-state index >= 15 is 0 Å². The van der Waals surface area contributed by atoms with Crippen LogP contribution in [0.1, 0.15) is 27.7 Å². The van der Waals surface area contributed by atoms with Crippen LogP contribution >= 0.6 is 11.3 Å². The normalized spacial score (nSPS) is 21.3. The van der Waals surface area contributed by atoms with Gasteiger partial charge in [0.25, 0.3) is 0 Å². The number of nitrogen functional groups attached to an aromatic ring is 1. The molecule has 0 saturated carbocycles. The van der Waals surface area contributed by atoms with Crippen molar-refractivity contribution in [2.24, 2.45) is 0 Å². The monoisotopic (exact) mass is 291 g/mol. The Morgan fingerprint density at radius 2 is 1.85 bits per heavy atom. The summed E-state index contributed by atoms with van der Waals surface area (Å²) in [7, 11) is 0. The molecular weight excluding hydrogens is 270 g/mol. The van der Waals surface area contributed by atoms with E-state index < -0.39 is 0 Å². The molecule has 5 heteroatoms. The zero-order valence-corrected chi connectivity index (χ0v) is 13.3. The van der Waals surface area contributed by atoms with Crippen LogP contribution in [0.15, 0.2) is 17.6 Å². The molecule has 20 heavy (non-hydrogen) atoms. The van der Waals surface area contributed by atoms with Gasteiger partial charge in [0.1, 0.15) is 5.52 Å². The molecule has 2 N–H and O–H groups in total. The third-order valence-corrected chi connectivity index (χ3v) is 4.35. The van der Waals surface area contributed by atoms with Gasteiger partial charge in [-0.05, 0) is 39.8 Å². The standard InChI is InChI=1S/C15H21N3OS/c1-14(2)7-18(8-15(3,4)19-14)10-5-6-11-13(12(10)16)17-9-20-11/h5-6,9H,7-8,16H2,1-4H3. The molecule has 3 rings (SSSR count). The number of ether oxygens (including phenoxy) is 1. The second-order valence-corrected chi connectivity index (χ2v) is 7.56. The SMILES string of the molecule is CC1(C)CN(c2ccc3scnc3c2N)CC(C)(C)O1. The first-order valence-corrected chi connectivity index (χ1v) is 7.72. The van der Waals surface area contributed by atoms with E-state index in [1.165, 1.54) is 0 Å². The van der Waals surface area contributed by atoms with Gasteiger partial charge in [0, 0.05) is 13.1 Å². The molecule has 4 nitrogen and oxygen atoms in total. The Morgan fingerprint density at radius 3 is 2.50 bits per heavy atom. The highest BCUT2D eigenvalue weighted by atomic mass is 32.1. The molecule has 1 fully saturated rings. The van der Waals surface area contributed by atoms with Crippen LogP contribution in [0.5, 0.6) is 0 Å². The number of aromatic nitrogens is 1. The van der Waals surface area contributed by atoms with Gasteiger partial charge in [0.2, 0.25) is 0 Å². The Kier molecular flexibility index (Phi) is 2.95. The van der Waals surface area contributed by atoms with Gasteiger partial charge in [-0.2, -0.15) is 0 Å². The molecule has 1 aromatic carbocycles. The fourth-order valence-corrected chi connectivity index (χ4v) is 3.87. The van der Waals surface area contributed by atoms with Gasteiger partial charge in [-0.25, -0.2) is 4.98 Å². The Morgan fingerprint density at radius 1 is 1.20 bits per heavy atom. The van der Waals surface area contributed by atoms with Gasteiger partial charge in [-0.1, -0.05) is 0 Å². The van der Waals surface area contributed by atoms with Crippen LogP contribution in [0.3, 0.4) is 0 Å². The minimum Gasteiger partial charge on any atom is -0.395 e. The van der Waals surface area contributed by atoms with E-state index in [2.05, 4.69) is 49.7 Å². The molecule has 0 atom stereocenters. The van der Waals surface area contributed by atoms with Gasteiger partial charge in [0.15, 0.2) is 0 Å². The first-order chi connectivity index (χ1) is 9.27. The molecule has 2 aromatic rings. The Labute approximate surface area is 123 Å². The van der Waals surface area contributed by atoms with Crippen LogP contribution in [0.2, 0.25) is 0 Å². The Hall–Kier alpha value is -1.33. The average Bonchev–Trinajstić information content (AvgIpc) is 2.73. The second-order valence-electron chi connectivity index (χ2n) is 6.67. The topological polar surface area (TPSA) is 51.4 Å². The summed E-state index contributed by atoms with van der Waals surface area (Å²) in [5.41, 5.74) is 10.5. The molecule has 1 saturated heterocycles. The fraction of sp³-hybridized carbons (Fsp3) is 0.533. The number of benzene rings is 1. The minimum atomic E-state index is -0.189. The predicted octanol–water partition coefficient (Wildman–Crippen LogP) is 3.27. The van der Waals surface area contributed by atoms with E-state index in [0.717, 1.165) is 34.7 Å². The summed E-state index contributed by atoms with van der Waals surface area (Å²) in [5.74, 6) is 0. The van der Waals surface area contributed by atoms with E-state index in [4.69, 9.17) is 10.5 Å². The minimum absolute atomic E-state index is 0.189. The number of thiazole rings is 1. The van der Waals surface area contributed by atoms with Crippen molar-refractivity contribution >= 4 is 32.9 Å². The maximum absolute atomic E-state index is 6.33. The molecule has 1 aromatic heterocycles. The molecular formula is C15H21N3OS. The highest BCUT2D eigenvalue weighted by Crippen LogP contribution is 2.37. The lowest BCUT2D eigenvalue weighted by Gasteiger charge is -2.48. The van der Waals surface area contributed by atoms with Crippen LogP contribution in [-0.4, -0.2) is 29.3 Å². The maximum Gasteiger partial charge on any atom is 0.106 e. The third kappa shape index (κ3) is 2.36. The first kappa shape index (κ1) is 13.6. The molecule has 0 spiro atoms. The summed E-state index contributed by atoms with van der Waals surface area (Å²) >= 11 is 1.62. The van der Waals surface area contributed by atoms with Crippen LogP contribution < -0.4 is 10.6 Å². The zero-order chi connectivity index (χ0) is 14.5. The lowest BCUT2D eigenvalue weighted by Crippen LogP contribution is -2.57. The van der Waals surface area contributed by atoms with Crippen LogP contribution in [0, 0.1) is 0 Å². The number of nitrogens with two attached hydrogens (primary N) is 1. The van der Waals surface area contributed by atoms with E-state index in [9.17, 15) is 0 Å². The number of anilines is 2. The molecule has 0 amide bonds. The molecule has 0 bridgehead atoms. The van der Waals surface area contributed by atoms with Crippen molar-refractivity contribution in [2.45, 2.75) is 38.9 Å². The second kappa shape index (κ2) is 4.33. The fourth-order valence-electron chi connectivity index (χ4n) is 3.18. The molecule has 108 valence electrons. The van der Waals surface area contributed by atoms with Crippen molar-refractivity contribution in [1.82, 2.24) is 4.98 Å². The highest BCUT2D eigenvalue weighted by molar-refractivity contribution is 7.16. The van der Waals surface area contributed by atoms with Crippen molar-refractivity contribution in [3.63, 3.8) is 0 Å². The van der Waals surface area contributed by atoms with Gasteiger partial charge in [0.05, 0.1) is 32.8 Å². The van der Waals surface area contributed by atoms with Gasteiger partial charge < -0.3 is 15.4 Å². The number of hydrogen-bond donors (Lipinski definition) is 1. The maximum atomic E-state index is 6.33. The lowest BCUT2D eigenvalue weighted by atomic mass is 9.98. The number of nitrogens with zero attached hydrogens (tertiary/aromatic N) is 2. The summed E-state index contributed by atoms with van der Waals surface area (Å²) in [5, 5.41) is 0. The predicted molar refractivity (Wildman–Crippen MR) is 85.5 cm³/mol. The van der Waals surface area contributed by atoms with Crippen LogP contribution in [-0.2, 0) is 4.74 Å². The molecule has 1 aliphatic heterocycles. The van der Waals surface area contributed by atoms with E-state index in [0.29, 0.717) is 0 Å². The number of morpholine rings is 1. The van der Waals surface area contributed by atoms with E-state index in [1.54, 1.807) is 11.3 Å². The summed E-state index contributed by atoms with van der Waals surface area (Å²) in [6.07, 6.45) is 0. The third-order valence-electron chi connectivity index (χ3n) is 3.56. The Bertz CT molecular complexity index is 632. The van der Waals surface area contributed by atoms with Crippen molar-refractivity contribution in [2.75, 3.05) is 23.7 Å². The first-order valence-electron chi connectivity index (χ1n) is 6.84. The lowest BCUT2D eigenvalue weighted by molar-refractivity contribution is -0.133. The quantitative estimate of drug-likeness (QED) is 0.819. The number of fused-ring (bicyclic) bond motifs is 1. The average molecular weight is 291 g/mol.